The maximum absolute atomic E-state index is 4.19. The molecule has 0 aliphatic rings. The minimum absolute atomic E-state index is 0.937. The Morgan fingerprint density at radius 2 is 0.909 bits per heavy atom. The lowest BCUT2D eigenvalue weighted by atomic mass is 9.89. The van der Waals surface area contributed by atoms with E-state index in [1.54, 1.807) is 0 Å². The van der Waals surface area contributed by atoms with Crippen molar-refractivity contribution >= 4 is 22.3 Å². The Morgan fingerprint density at radius 1 is 0.545 bits per heavy atom. The van der Waals surface area contributed by atoms with E-state index in [9.17, 15) is 0 Å². The number of benzene rings is 3. The molecule has 3 rings (SSSR count). The summed E-state index contributed by atoms with van der Waals surface area (Å²) < 4.78 is 0. The molecule has 0 spiro atoms. The zero-order chi connectivity index (χ0) is 24.7. The molecule has 33 heavy (non-hydrogen) atoms. The van der Waals surface area contributed by atoms with Crippen molar-refractivity contribution in [1.29, 1.82) is 0 Å². The highest BCUT2D eigenvalue weighted by atomic mass is 14.2. The molecule has 3 aromatic carbocycles. The van der Waals surface area contributed by atoms with Gasteiger partial charge < -0.3 is 0 Å². The van der Waals surface area contributed by atoms with Crippen molar-refractivity contribution in [3.05, 3.63) is 120 Å². The second-order valence-electron chi connectivity index (χ2n) is 8.97. The van der Waals surface area contributed by atoms with Crippen LogP contribution in [0.1, 0.15) is 67.5 Å². The van der Waals surface area contributed by atoms with Crippen molar-refractivity contribution < 1.29 is 0 Å². The van der Waals surface area contributed by atoms with Crippen molar-refractivity contribution in [2.45, 2.75) is 48.0 Å². The van der Waals surface area contributed by atoms with Gasteiger partial charge in [0.1, 0.15) is 0 Å². The van der Waals surface area contributed by atoms with Gasteiger partial charge in [0.25, 0.3) is 0 Å². The Bertz CT molecular complexity index is 1160. The lowest BCUT2D eigenvalue weighted by Gasteiger charge is -2.15. The van der Waals surface area contributed by atoms with E-state index in [0.717, 1.165) is 39.8 Å². The van der Waals surface area contributed by atoms with Crippen molar-refractivity contribution in [3.63, 3.8) is 0 Å². The van der Waals surface area contributed by atoms with Gasteiger partial charge in [-0.05, 0) is 92.1 Å². The van der Waals surface area contributed by atoms with E-state index in [2.05, 4.69) is 115 Å². The van der Waals surface area contributed by atoms with Crippen molar-refractivity contribution in [2.75, 3.05) is 0 Å². The van der Waals surface area contributed by atoms with E-state index in [4.69, 9.17) is 0 Å². The molecule has 0 atom stereocenters. The van der Waals surface area contributed by atoms with Gasteiger partial charge >= 0.3 is 0 Å². The molecule has 0 heterocycles. The Labute approximate surface area is 201 Å². The molecular formula is C33H38. The highest BCUT2D eigenvalue weighted by molar-refractivity contribution is 5.84. The smallest absolute Gasteiger partial charge is 0.0152 e. The Hall–Kier alpha value is -3.38. The van der Waals surface area contributed by atoms with Gasteiger partial charge in [-0.1, -0.05) is 110 Å². The minimum Gasteiger partial charge on any atom is -0.0955 e. The minimum atomic E-state index is 0.937. The summed E-state index contributed by atoms with van der Waals surface area (Å²) in [4.78, 5) is 0. The van der Waals surface area contributed by atoms with Crippen LogP contribution in [0.3, 0.4) is 0 Å². The summed E-state index contributed by atoms with van der Waals surface area (Å²) >= 11 is 0. The van der Waals surface area contributed by atoms with E-state index in [-0.39, 0.29) is 0 Å². The maximum Gasteiger partial charge on any atom is -0.0152 e. The molecule has 0 N–H and O–H groups in total. The zero-order valence-corrected chi connectivity index (χ0v) is 21.3. The molecule has 0 radical (unpaired) electrons. The molecule has 0 aliphatic heterocycles. The van der Waals surface area contributed by atoms with Gasteiger partial charge in [0.15, 0.2) is 0 Å². The predicted molar refractivity (Wildman–Crippen MR) is 151 cm³/mol. The first kappa shape index (κ1) is 25.9. The van der Waals surface area contributed by atoms with Crippen molar-refractivity contribution in [2.24, 2.45) is 0 Å². The Balaban J connectivity index is 0.000000405. The van der Waals surface area contributed by atoms with Crippen LogP contribution in [0.4, 0.5) is 0 Å². The normalized spacial score (nSPS) is 10.1. The monoisotopic (exact) mass is 434 g/mol. The Kier molecular flexibility index (Phi) is 9.00. The van der Waals surface area contributed by atoms with Crippen molar-refractivity contribution in [1.82, 2.24) is 0 Å². The summed E-state index contributed by atoms with van der Waals surface area (Å²) in [5.74, 6) is 0. The fourth-order valence-corrected chi connectivity index (χ4v) is 3.66. The quantitative estimate of drug-likeness (QED) is 0.362. The highest BCUT2D eigenvalue weighted by Crippen LogP contribution is 2.33. The molecule has 0 heteroatoms. The van der Waals surface area contributed by atoms with Gasteiger partial charge in [0.05, 0.1) is 0 Å². The largest absolute Gasteiger partial charge is 0.0955 e. The first-order valence-electron chi connectivity index (χ1n) is 11.5. The molecule has 0 saturated heterocycles. The third-order valence-corrected chi connectivity index (χ3v) is 5.78. The molecule has 0 saturated carbocycles. The van der Waals surface area contributed by atoms with Crippen LogP contribution in [0.25, 0.3) is 33.4 Å². The molecule has 170 valence electrons. The van der Waals surface area contributed by atoms with Crippen LogP contribution in [0, 0.1) is 13.8 Å². The van der Waals surface area contributed by atoms with E-state index < -0.39 is 0 Å². The summed E-state index contributed by atoms with van der Waals surface area (Å²) in [6, 6.07) is 21.5. The molecule has 0 unspecified atom stereocenters. The SMILES string of the molecule is C=C(C)c1ccc(-c2ccc(C(=C)CC)c(C(=C)C)c2)cc1C(=C)C.Cc1ccc(C)cc1. The molecule has 0 aliphatic carbocycles. The zero-order valence-electron chi connectivity index (χ0n) is 21.3. The van der Waals surface area contributed by atoms with Crippen LogP contribution in [0.2, 0.25) is 0 Å². The third-order valence-electron chi connectivity index (χ3n) is 5.78. The third kappa shape index (κ3) is 6.80. The fraction of sp³-hybridized carbons (Fsp3) is 0.212. The predicted octanol–water partition coefficient (Wildman–Crippen LogP) is 10.2. The Morgan fingerprint density at radius 3 is 1.27 bits per heavy atom. The first-order valence-corrected chi connectivity index (χ1v) is 11.5. The summed E-state index contributed by atoms with van der Waals surface area (Å²) in [6.07, 6.45) is 0.937. The molecule has 0 aromatic heterocycles. The lowest BCUT2D eigenvalue weighted by Crippen LogP contribution is -1.93. The molecule has 0 fully saturated rings. The van der Waals surface area contributed by atoms with Crippen LogP contribution in [-0.2, 0) is 0 Å². The number of allylic oxidation sites excluding steroid dienone is 4. The van der Waals surface area contributed by atoms with Crippen LogP contribution < -0.4 is 0 Å². The molecule has 3 aromatic rings. The van der Waals surface area contributed by atoms with E-state index in [1.807, 2.05) is 13.8 Å². The van der Waals surface area contributed by atoms with Crippen LogP contribution in [0.15, 0.2) is 87.0 Å². The average Bonchev–Trinajstić information content (AvgIpc) is 2.79. The number of hydrogen-bond acceptors (Lipinski definition) is 0. The van der Waals surface area contributed by atoms with Crippen molar-refractivity contribution in [3.8, 4) is 11.1 Å². The van der Waals surface area contributed by atoms with Gasteiger partial charge in [0.2, 0.25) is 0 Å². The topological polar surface area (TPSA) is 0 Å². The van der Waals surface area contributed by atoms with Gasteiger partial charge in [0, 0.05) is 0 Å². The summed E-state index contributed by atoms with van der Waals surface area (Å²) in [5, 5.41) is 0. The fourth-order valence-electron chi connectivity index (χ4n) is 3.66. The number of rotatable bonds is 6. The molecular weight excluding hydrogens is 396 g/mol. The first-order chi connectivity index (χ1) is 15.5. The van der Waals surface area contributed by atoms with Gasteiger partial charge in [-0.15, -0.1) is 0 Å². The van der Waals surface area contributed by atoms with Crippen LogP contribution in [0.5, 0.6) is 0 Å². The summed E-state index contributed by atoms with van der Waals surface area (Å²) in [7, 11) is 0. The standard InChI is InChI=1S/C25H28.C8H10/c1-9-19(8)23-13-11-21(15-25(23)18(6)7)20-10-12-22(16(2)3)24(14-20)17(4)5;1-7-3-5-8(2)6-4-7/h10-15H,2,4,6,8-9H2,1,3,5,7H3;3-6H,1-2H3. The van der Waals surface area contributed by atoms with Gasteiger partial charge in [-0.3, -0.25) is 0 Å². The average molecular weight is 435 g/mol. The molecule has 0 amide bonds. The second-order valence-corrected chi connectivity index (χ2v) is 8.97. The van der Waals surface area contributed by atoms with Gasteiger partial charge in [-0.2, -0.15) is 0 Å². The molecule has 0 nitrogen and oxygen atoms in total. The molecule has 0 bridgehead atoms. The van der Waals surface area contributed by atoms with E-state index in [1.165, 1.54) is 33.4 Å². The lowest BCUT2D eigenvalue weighted by molar-refractivity contribution is 1.24. The van der Waals surface area contributed by atoms with Crippen LogP contribution >= 0.6 is 0 Å². The number of aryl methyl sites for hydroxylation is 2. The highest BCUT2D eigenvalue weighted by Gasteiger charge is 2.11. The number of hydrogen-bond donors (Lipinski definition) is 0. The van der Waals surface area contributed by atoms with E-state index >= 15 is 0 Å². The second kappa shape index (κ2) is 11.5. The maximum atomic E-state index is 4.19. The summed E-state index contributed by atoms with van der Waals surface area (Å²) in [5.41, 5.74) is 14.0. The van der Waals surface area contributed by atoms with Crippen LogP contribution in [-0.4, -0.2) is 0 Å². The van der Waals surface area contributed by atoms with Gasteiger partial charge in [-0.25, -0.2) is 0 Å². The van der Waals surface area contributed by atoms with E-state index in [0.29, 0.717) is 0 Å². The summed E-state index contributed by atoms with van der Waals surface area (Å²) in [6.45, 7) is 29.0.